The van der Waals surface area contributed by atoms with Crippen molar-refractivity contribution in [3.8, 4) is 0 Å². The molecule has 0 radical (unpaired) electrons. The molecule has 5 nitrogen and oxygen atoms in total. The predicted octanol–water partition coefficient (Wildman–Crippen LogP) is 0.894. The fraction of sp³-hybridized carbons (Fsp3) is 0.938. The molecule has 0 aromatic heterocycles. The van der Waals surface area contributed by atoms with Gasteiger partial charge in [0.2, 0.25) is 5.91 Å². The van der Waals surface area contributed by atoms with Crippen molar-refractivity contribution in [1.29, 1.82) is 0 Å². The summed E-state index contributed by atoms with van der Waals surface area (Å²) in [6.07, 6.45) is 3.34. The molecule has 5 heteroatoms. The molecule has 1 fully saturated rings. The summed E-state index contributed by atoms with van der Waals surface area (Å²) in [5.41, 5.74) is 5.53. The van der Waals surface area contributed by atoms with Crippen LogP contribution in [0.15, 0.2) is 0 Å². The van der Waals surface area contributed by atoms with Gasteiger partial charge < -0.3 is 16.0 Å². The second-order valence-corrected chi connectivity index (χ2v) is 6.52. The molecule has 1 heterocycles. The van der Waals surface area contributed by atoms with Crippen LogP contribution in [0.2, 0.25) is 0 Å². The van der Waals surface area contributed by atoms with Gasteiger partial charge in [-0.05, 0) is 45.2 Å². The van der Waals surface area contributed by atoms with E-state index in [2.05, 4.69) is 29.0 Å². The standard InChI is InChI=1S/C16H34N4O/c1-14(2)6-8-18-16(21)15(3)20-12-10-19(11-13-20)9-5-4-7-17/h14-15H,4-13,17H2,1-3H3,(H,18,21). The van der Waals surface area contributed by atoms with Gasteiger partial charge in [0.05, 0.1) is 6.04 Å². The molecule has 0 spiro atoms. The normalized spacial score (nSPS) is 18.9. The van der Waals surface area contributed by atoms with Crippen LogP contribution < -0.4 is 11.1 Å². The van der Waals surface area contributed by atoms with Crippen molar-refractivity contribution < 1.29 is 4.79 Å². The molecule has 0 saturated carbocycles. The quantitative estimate of drug-likeness (QED) is 0.621. The summed E-state index contributed by atoms with van der Waals surface area (Å²) < 4.78 is 0. The summed E-state index contributed by atoms with van der Waals surface area (Å²) in [4.78, 5) is 16.9. The first kappa shape index (κ1) is 18.4. The summed E-state index contributed by atoms with van der Waals surface area (Å²) in [6, 6.07) is -0.0108. The van der Waals surface area contributed by atoms with Crippen molar-refractivity contribution >= 4 is 5.91 Å². The number of amides is 1. The number of rotatable bonds is 9. The van der Waals surface area contributed by atoms with E-state index in [0.717, 1.165) is 58.7 Å². The van der Waals surface area contributed by atoms with E-state index in [1.165, 1.54) is 6.42 Å². The van der Waals surface area contributed by atoms with E-state index in [-0.39, 0.29) is 11.9 Å². The van der Waals surface area contributed by atoms with Gasteiger partial charge in [-0.3, -0.25) is 9.69 Å². The Balaban J connectivity index is 2.21. The van der Waals surface area contributed by atoms with Crippen molar-refractivity contribution in [3.63, 3.8) is 0 Å². The molecule has 1 rings (SSSR count). The van der Waals surface area contributed by atoms with Crippen LogP contribution in [0.4, 0.5) is 0 Å². The van der Waals surface area contributed by atoms with Crippen LogP contribution in [0.3, 0.4) is 0 Å². The average molecular weight is 298 g/mol. The highest BCUT2D eigenvalue weighted by molar-refractivity contribution is 5.81. The number of nitrogens with one attached hydrogen (secondary N) is 1. The van der Waals surface area contributed by atoms with Gasteiger partial charge in [-0.2, -0.15) is 0 Å². The lowest BCUT2D eigenvalue weighted by Crippen LogP contribution is -2.54. The topological polar surface area (TPSA) is 61.6 Å². The Kier molecular flexibility index (Phi) is 8.88. The zero-order valence-electron chi connectivity index (χ0n) is 14.1. The van der Waals surface area contributed by atoms with E-state index in [9.17, 15) is 4.79 Å². The summed E-state index contributed by atoms with van der Waals surface area (Å²) in [5, 5.41) is 3.06. The maximum absolute atomic E-state index is 12.1. The highest BCUT2D eigenvalue weighted by Crippen LogP contribution is 2.08. The van der Waals surface area contributed by atoms with E-state index in [4.69, 9.17) is 5.73 Å². The highest BCUT2D eigenvalue weighted by Gasteiger charge is 2.24. The monoisotopic (exact) mass is 298 g/mol. The van der Waals surface area contributed by atoms with E-state index in [0.29, 0.717) is 5.92 Å². The number of carbonyl (C=O) groups excluding carboxylic acids is 1. The van der Waals surface area contributed by atoms with E-state index < -0.39 is 0 Å². The van der Waals surface area contributed by atoms with Gasteiger partial charge in [-0.1, -0.05) is 13.8 Å². The molecule has 21 heavy (non-hydrogen) atoms. The molecule has 1 aliphatic rings. The molecule has 1 saturated heterocycles. The largest absolute Gasteiger partial charge is 0.355 e. The molecular weight excluding hydrogens is 264 g/mol. The summed E-state index contributed by atoms with van der Waals surface area (Å²) in [6.45, 7) is 13.2. The lowest BCUT2D eigenvalue weighted by Gasteiger charge is -2.37. The number of nitrogens with two attached hydrogens (primary N) is 1. The maximum Gasteiger partial charge on any atom is 0.237 e. The van der Waals surface area contributed by atoms with Crippen LogP contribution in [0.1, 0.15) is 40.0 Å². The van der Waals surface area contributed by atoms with Crippen LogP contribution in [0, 0.1) is 5.92 Å². The molecule has 1 unspecified atom stereocenters. The third-order valence-corrected chi connectivity index (χ3v) is 4.28. The minimum absolute atomic E-state index is 0.0108. The van der Waals surface area contributed by atoms with Crippen molar-refractivity contribution in [3.05, 3.63) is 0 Å². The Morgan fingerprint density at radius 1 is 1.14 bits per heavy atom. The maximum atomic E-state index is 12.1. The number of piperazine rings is 1. The van der Waals surface area contributed by atoms with Gasteiger partial charge in [-0.25, -0.2) is 0 Å². The lowest BCUT2D eigenvalue weighted by atomic mass is 10.1. The summed E-state index contributed by atoms with van der Waals surface area (Å²) >= 11 is 0. The summed E-state index contributed by atoms with van der Waals surface area (Å²) in [7, 11) is 0. The molecule has 1 aliphatic heterocycles. The number of carbonyl (C=O) groups is 1. The Morgan fingerprint density at radius 2 is 1.81 bits per heavy atom. The van der Waals surface area contributed by atoms with Crippen molar-refractivity contribution in [2.45, 2.75) is 46.1 Å². The molecule has 0 aliphatic carbocycles. The summed E-state index contributed by atoms with van der Waals surface area (Å²) in [5.74, 6) is 0.810. The highest BCUT2D eigenvalue weighted by atomic mass is 16.2. The number of nitrogens with zero attached hydrogens (tertiary/aromatic N) is 2. The molecular formula is C16H34N4O. The average Bonchev–Trinajstić information content (AvgIpc) is 2.47. The second kappa shape index (κ2) is 10.1. The Hall–Kier alpha value is -0.650. The van der Waals surface area contributed by atoms with Crippen molar-refractivity contribution in [2.75, 3.05) is 45.8 Å². The number of unbranched alkanes of at least 4 members (excludes halogenated alkanes) is 1. The molecule has 124 valence electrons. The van der Waals surface area contributed by atoms with Gasteiger partial charge >= 0.3 is 0 Å². The first-order chi connectivity index (χ1) is 10.0. The van der Waals surface area contributed by atoms with Crippen LogP contribution in [-0.2, 0) is 4.79 Å². The Labute approximate surface area is 130 Å². The van der Waals surface area contributed by atoms with Crippen LogP contribution in [0.25, 0.3) is 0 Å². The molecule has 0 aromatic rings. The van der Waals surface area contributed by atoms with Gasteiger partial charge in [0.15, 0.2) is 0 Å². The fourth-order valence-corrected chi connectivity index (χ4v) is 2.65. The third kappa shape index (κ3) is 7.25. The SMILES string of the molecule is CC(C)CCNC(=O)C(C)N1CCN(CCCCN)CC1. The molecule has 1 amide bonds. The minimum atomic E-state index is -0.0108. The predicted molar refractivity (Wildman–Crippen MR) is 88.2 cm³/mol. The lowest BCUT2D eigenvalue weighted by molar-refractivity contribution is -0.126. The number of hydrogen-bond donors (Lipinski definition) is 2. The van der Waals surface area contributed by atoms with Crippen LogP contribution >= 0.6 is 0 Å². The van der Waals surface area contributed by atoms with E-state index >= 15 is 0 Å². The first-order valence-corrected chi connectivity index (χ1v) is 8.48. The fourth-order valence-electron chi connectivity index (χ4n) is 2.65. The molecule has 0 bridgehead atoms. The Morgan fingerprint density at radius 3 is 2.38 bits per heavy atom. The molecule has 3 N–H and O–H groups in total. The van der Waals surface area contributed by atoms with E-state index in [1.54, 1.807) is 0 Å². The zero-order chi connectivity index (χ0) is 15.7. The minimum Gasteiger partial charge on any atom is -0.355 e. The molecule has 0 aromatic carbocycles. The van der Waals surface area contributed by atoms with Gasteiger partial charge in [0.25, 0.3) is 0 Å². The third-order valence-electron chi connectivity index (χ3n) is 4.28. The van der Waals surface area contributed by atoms with Gasteiger partial charge in [-0.15, -0.1) is 0 Å². The van der Waals surface area contributed by atoms with Crippen LogP contribution in [0.5, 0.6) is 0 Å². The van der Waals surface area contributed by atoms with E-state index in [1.807, 2.05) is 6.92 Å². The van der Waals surface area contributed by atoms with Gasteiger partial charge in [0.1, 0.15) is 0 Å². The van der Waals surface area contributed by atoms with Gasteiger partial charge in [0, 0.05) is 32.7 Å². The second-order valence-electron chi connectivity index (χ2n) is 6.52. The van der Waals surface area contributed by atoms with Crippen LogP contribution in [-0.4, -0.2) is 67.6 Å². The Bertz CT molecular complexity index is 288. The first-order valence-electron chi connectivity index (χ1n) is 8.48. The van der Waals surface area contributed by atoms with Crippen molar-refractivity contribution in [1.82, 2.24) is 15.1 Å². The zero-order valence-corrected chi connectivity index (χ0v) is 14.1. The smallest absolute Gasteiger partial charge is 0.237 e. The van der Waals surface area contributed by atoms with Crippen molar-refractivity contribution in [2.24, 2.45) is 11.7 Å². The molecule has 1 atom stereocenters. The number of hydrogen-bond acceptors (Lipinski definition) is 4.